The van der Waals surface area contributed by atoms with Crippen LogP contribution in [-0.2, 0) is 11.3 Å². The van der Waals surface area contributed by atoms with Gasteiger partial charge in [0.25, 0.3) is 0 Å². The van der Waals surface area contributed by atoms with E-state index >= 15 is 0 Å². The van der Waals surface area contributed by atoms with Gasteiger partial charge in [0, 0.05) is 29.7 Å². The Labute approximate surface area is 123 Å². The quantitative estimate of drug-likeness (QED) is 0.850. The van der Waals surface area contributed by atoms with Gasteiger partial charge in [-0.1, -0.05) is 19.1 Å². The Bertz CT molecular complexity index is 580. The van der Waals surface area contributed by atoms with Gasteiger partial charge in [0.15, 0.2) is 5.13 Å². The minimum atomic E-state index is 0.0631. The number of aromatic nitrogens is 1. The Balaban J connectivity index is 1.93. The van der Waals surface area contributed by atoms with Crippen molar-refractivity contribution in [3.05, 3.63) is 40.9 Å². The summed E-state index contributed by atoms with van der Waals surface area (Å²) in [6.07, 6.45) is 3.27. The van der Waals surface area contributed by atoms with Crippen LogP contribution >= 0.6 is 11.3 Å². The van der Waals surface area contributed by atoms with Gasteiger partial charge >= 0.3 is 0 Å². The number of thiazole rings is 1. The van der Waals surface area contributed by atoms with Crippen LogP contribution in [0.25, 0.3) is 0 Å². The molecule has 1 heterocycles. The second-order valence-corrected chi connectivity index (χ2v) is 5.86. The highest BCUT2D eigenvalue weighted by molar-refractivity contribution is 7.15. The Morgan fingerprint density at radius 2 is 2.25 bits per heavy atom. The Morgan fingerprint density at radius 1 is 1.40 bits per heavy atom. The lowest BCUT2D eigenvalue weighted by Crippen LogP contribution is -2.11. The fourth-order valence-electron chi connectivity index (χ4n) is 1.82. The summed E-state index contributed by atoms with van der Waals surface area (Å²) < 4.78 is 0. The average molecular weight is 289 g/mol. The average Bonchev–Trinajstić information content (AvgIpc) is 2.83. The fraction of sp³-hybridized carbons (Fsp3) is 0.333. The molecule has 4 nitrogen and oxygen atoms in total. The zero-order valence-electron chi connectivity index (χ0n) is 11.8. The van der Waals surface area contributed by atoms with Gasteiger partial charge in [-0.15, -0.1) is 11.3 Å². The highest BCUT2D eigenvalue weighted by atomic mass is 32.1. The smallest absolute Gasteiger partial charge is 0.224 e. The molecule has 0 aliphatic heterocycles. The topological polar surface area (TPSA) is 54.0 Å². The second kappa shape index (κ2) is 7.05. The van der Waals surface area contributed by atoms with E-state index in [1.807, 2.05) is 44.3 Å². The van der Waals surface area contributed by atoms with Gasteiger partial charge in [-0.05, 0) is 31.0 Å². The SMILES string of the molecule is CCCC(=O)Nc1cccc(CNc2ncc(C)s2)c1. The van der Waals surface area contributed by atoms with Gasteiger partial charge in [0.05, 0.1) is 0 Å². The van der Waals surface area contributed by atoms with E-state index in [9.17, 15) is 4.79 Å². The maximum Gasteiger partial charge on any atom is 0.224 e. The number of rotatable bonds is 6. The van der Waals surface area contributed by atoms with Crippen molar-refractivity contribution in [3.63, 3.8) is 0 Å². The van der Waals surface area contributed by atoms with Gasteiger partial charge in [0.1, 0.15) is 0 Å². The van der Waals surface area contributed by atoms with Crippen molar-refractivity contribution >= 4 is 28.1 Å². The van der Waals surface area contributed by atoms with Gasteiger partial charge in [-0.25, -0.2) is 4.98 Å². The number of carbonyl (C=O) groups excluding carboxylic acids is 1. The summed E-state index contributed by atoms with van der Waals surface area (Å²) in [5.41, 5.74) is 1.96. The molecule has 0 aliphatic carbocycles. The Morgan fingerprint density at radius 3 is 2.95 bits per heavy atom. The molecule has 0 saturated carbocycles. The first-order valence-corrected chi connectivity index (χ1v) is 7.54. The fourth-order valence-corrected chi connectivity index (χ4v) is 2.48. The summed E-state index contributed by atoms with van der Waals surface area (Å²) in [5.74, 6) is 0.0631. The number of hydrogen-bond acceptors (Lipinski definition) is 4. The summed E-state index contributed by atoms with van der Waals surface area (Å²) >= 11 is 1.64. The summed E-state index contributed by atoms with van der Waals surface area (Å²) in [5, 5.41) is 7.11. The summed E-state index contributed by atoms with van der Waals surface area (Å²) in [6.45, 7) is 4.73. The highest BCUT2D eigenvalue weighted by Gasteiger charge is 2.02. The number of nitrogens with one attached hydrogen (secondary N) is 2. The van der Waals surface area contributed by atoms with Crippen LogP contribution in [0, 0.1) is 6.92 Å². The first-order valence-electron chi connectivity index (χ1n) is 6.72. The minimum Gasteiger partial charge on any atom is -0.357 e. The monoisotopic (exact) mass is 289 g/mol. The molecule has 0 fully saturated rings. The van der Waals surface area contributed by atoms with Crippen LogP contribution in [0.15, 0.2) is 30.5 Å². The maximum absolute atomic E-state index is 11.6. The lowest BCUT2D eigenvalue weighted by atomic mass is 10.2. The van der Waals surface area contributed by atoms with Crippen molar-refractivity contribution in [3.8, 4) is 0 Å². The van der Waals surface area contributed by atoms with Crippen LogP contribution in [0.1, 0.15) is 30.2 Å². The molecule has 0 bridgehead atoms. The van der Waals surface area contributed by atoms with E-state index in [0.29, 0.717) is 13.0 Å². The molecule has 0 saturated heterocycles. The molecular weight excluding hydrogens is 270 g/mol. The van der Waals surface area contributed by atoms with E-state index in [-0.39, 0.29) is 5.91 Å². The molecule has 2 rings (SSSR count). The number of carbonyl (C=O) groups is 1. The van der Waals surface area contributed by atoms with Crippen LogP contribution in [0.2, 0.25) is 0 Å². The van der Waals surface area contributed by atoms with E-state index in [2.05, 4.69) is 15.6 Å². The normalized spacial score (nSPS) is 10.3. The maximum atomic E-state index is 11.6. The van der Waals surface area contributed by atoms with Crippen molar-refractivity contribution in [1.82, 2.24) is 4.98 Å². The molecule has 5 heteroatoms. The lowest BCUT2D eigenvalue weighted by Gasteiger charge is -2.07. The predicted octanol–water partition coefficient (Wildman–Crippen LogP) is 3.80. The van der Waals surface area contributed by atoms with Crippen molar-refractivity contribution in [2.24, 2.45) is 0 Å². The third-order valence-electron chi connectivity index (χ3n) is 2.75. The van der Waals surface area contributed by atoms with E-state index in [1.54, 1.807) is 11.3 Å². The van der Waals surface area contributed by atoms with Crippen molar-refractivity contribution in [1.29, 1.82) is 0 Å². The number of nitrogens with zero attached hydrogens (tertiary/aromatic N) is 1. The molecule has 1 aromatic carbocycles. The predicted molar refractivity (Wildman–Crippen MR) is 84.2 cm³/mol. The molecule has 0 unspecified atom stereocenters. The summed E-state index contributed by atoms with van der Waals surface area (Å²) in [7, 11) is 0. The van der Waals surface area contributed by atoms with Gasteiger partial charge in [-0.2, -0.15) is 0 Å². The Kier molecular flexibility index (Phi) is 5.12. The van der Waals surface area contributed by atoms with Gasteiger partial charge in [0.2, 0.25) is 5.91 Å². The molecule has 0 radical (unpaired) electrons. The van der Waals surface area contributed by atoms with Crippen LogP contribution in [0.3, 0.4) is 0 Å². The molecule has 1 aromatic heterocycles. The number of benzene rings is 1. The van der Waals surface area contributed by atoms with Crippen LogP contribution in [0.5, 0.6) is 0 Å². The highest BCUT2D eigenvalue weighted by Crippen LogP contribution is 2.18. The number of anilines is 2. The van der Waals surface area contributed by atoms with E-state index < -0.39 is 0 Å². The standard InChI is InChI=1S/C15H19N3OS/c1-3-5-14(19)18-13-7-4-6-12(8-13)10-17-15-16-9-11(2)20-15/h4,6-9H,3,5,10H2,1-2H3,(H,16,17)(H,18,19). The number of amides is 1. The third-order valence-corrected chi connectivity index (χ3v) is 3.62. The van der Waals surface area contributed by atoms with E-state index in [1.165, 1.54) is 4.88 Å². The Hall–Kier alpha value is -1.88. The zero-order valence-corrected chi connectivity index (χ0v) is 12.6. The molecule has 2 aromatic rings. The zero-order chi connectivity index (χ0) is 14.4. The molecule has 2 N–H and O–H groups in total. The minimum absolute atomic E-state index is 0.0631. The first-order chi connectivity index (χ1) is 9.67. The molecular formula is C15H19N3OS. The molecule has 1 amide bonds. The molecule has 0 atom stereocenters. The van der Waals surface area contributed by atoms with E-state index in [4.69, 9.17) is 0 Å². The number of hydrogen-bond donors (Lipinski definition) is 2. The van der Waals surface area contributed by atoms with Crippen LogP contribution in [0.4, 0.5) is 10.8 Å². The van der Waals surface area contributed by atoms with Crippen molar-refractivity contribution < 1.29 is 4.79 Å². The summed E-state index contributed by atoms with van der Waals surface area (Å²) in [6, 6.07) is 7.88. The molecule has 106 valence electrons. The lowest BCUT2D eigenvalue weighted by molar-refractivity contribution is -0.116. The van der Waals surface area contributed by atoms with Gasteiger partial charge in [-0.3, -0.25) is 4.79 Å². The molecule has 20 heavy (non-hydrogen) atoms. The number of aryl methyl sites for hydroxylation is 1. The van der Waals surface area contributed by atoms with Crippen molar-refractivity contribution in [2.45, 2.75) is 33.2 Å². The van der Waals surface area contributed by atoms with Gasteiger partial charge < -0.3 is 10.6 Å². The molecule has 0 aliphatic rings. The first kappa shape index (κ1) is 14.5. The summed E-state index contributed by atoms with van der Waals surface area (Å²) in [4.78, 5) is 17.0. The van der Waals surface area contributed by atoms with Crippen LogP contribution in [-0.4, -0.2) is 10.9 Å². The molecule has 0 spiro atoms. The third kappa shape index (κ3) is 4.35. The largest absolute Gasteiger partial charge is 0.357 e. The second-order valence-electron chi connectivity index (χ2n) is 4.63. The van der Waals surface area contributed by atoms with Crippen molar-refractivity contribution in [2.75, 3.05) is 10.6 Å². The van der Waals surface area contributed by atoms with Crippen LogP contribution < -0.4 is 10.6 Å². The van der Waals surface area contributed by atoms with E-state index in [0.717, 1.165) is 22.8 Å².